The van der Waals surface area contributed by atoms with E-state index in [1.165, 1.54) is 43.6 Å². The van der Waals surface area contributed by atoms with Crippen molar-refractivity contribution >= 4 is 5.91 Å². The van der Waals surface area contributed by atoms with Crippen LogP contribution in [0.1, 0.15) is 42.7 Å². The van der Waals surface area contributed by atoms with Gasteiger partial charge in [0.2, 0.25) is 17.6 Å². The average Bonchev–Trinajstić information content (AvgIpc) is 3.56. The largest absolute Gasteiger partial charge is 0.352 e. The fraction of sp³-hybridized carbons (Fsp3) is 0.444. The molecule has 1 aromatic heterocycles. The Morgan fingerprint density at radius 1 is 0.943 bits per heavy atom. The van der Waals surface area contributed by atoms with E-state index in [1.54, 1.807) is 12.1 Å². The summed E-state index contributed by atoms with van der Waals surface area (Å²) >= 11 is 0. The predicted octanol–water partition coefficient (Wildman–Crippen LogP) is 4.00. The Morgan fingerprint density at radius 2 is 1.66 bits per heavy atom. The van der Waals surface area contributed by atoms with Gasteiger partial charge in [0.05, 0.1) is 12.5 Å². The number of nitrogens with zero attached hydrogens (tertiary/aromatic N) is 4. The Morgan fingerprint density at radius 3 is 2.43 bits per heavy atom. The van der Waals surface area contributed by atoms with Crippen molar-refractivity contribution in [3.63, 3.8) is 0 Å². The van der Waals surface area contributed by atoms with Crippen LogP contribution in [0.15, 0.2) is 53.1 Å². The lowest BCUT2D eigenvalue weighted by Gasteiger charge is -2.30. The van der Waals surface area contributed by atoms with E-state index < -0.39 is 0 Å². The number of nitrogens with one attached hydrogen (secondary N) is 1. The van der Waals surface area contributed by atoms with Gasteiger partial charge >= 0.3 is 0 Å². The average molecular weight is 478 g/mol. The highest BCUT2D eigenvalue weighted by Gasteiger charge is 2.27. The zero-order valence-corrected chi connectivity index (χ0v) is 20.0. The molecule has 1 amide bonds. The number of carbonyl (C=O) groups excluding carboxylic acids is 1. The molecule has 8 heteroatoms. The third-order valence-corrected chi connectivity index (χ3v) is 6.90. The van der Waals surface area contributed by atoms with Gasteiger partial charge in [-0.3, -0.25) is 14.6 Å². The molecule has 2 aliphatic heterocycles. The van der Waals surface area contributed by atoms with Crippen molar-refractivity contribution in [1.82, 2.24) is 25.3 Å². The summed E-state index contributed by atoms with van der Waals surface area (Å²) in [6, 6.07) is 14.6. The highest BCUT2D eigenvalue weighted by atomic mass is 19.1. The van der Waals surface area contributed by atoms with E-state index in [1.807, 2.05) is 0 Å². The summed E-state index contributed by atoms with van der Waals surface area (Å²) in [5.74, 6) is 0.674. The molecule has 2 saturated heterocycles. The lowest BCUT2D eigenvalue weighted by molar-refractivity contribution is -0.127. The van der Waals surface area contributed by atoms with Crippen LogP contribution >= 0.6 is 0 Å². The van der Waals surface area contributed by atoms with Crippen LogP contribution in [0.4, 0.5) is 4.39 Å². The maximum Gasteiger partial charge on any atom is 0.241 e. The van der Waals surface area contributed by atoms with E-state index in [0.29, 0.717) is 36.9 Å². The first-order valence-corrected chi connectivity index (χ1v) is 12.5. The summed E-state index contributed by atoms with van der Waals surface area (Å²) in [5, 5.41) is 7.13. The molecule has 0 radical (unpaired) electrons. The fourth-order valence-electron chi connectivity index (χ4n) is 4.93. The third kappa shape index (κ3) is 6.32. The first-order valence-electron chi connectivity index (χ1n) is 12.5. The second kappa shape index (κ2) is 11.1. The van der Waals surface area contributed by atoms with E-state index in [9.17, 15) is 9.18 Å². The van der Waals surface area contributed by atoms with Crippen LogP contribution in [0.25, 0.3) is 11.4 Å². The van der Waals surface area contributed by atoms with Gasteiger partial charge < -0.3 is 9.84 Å². The van der Waals surface area contributed by atoms with Crippen molar-refractivity contribution in [2.75, 3.05) is 26.2 Å². The van der Waals surface area contributed by atoms with E-state index >= 15 is 0 Å². The lowest BCUT2D eigenvalue weighted by atomic mass is 9.97. The Hall–Kier alpha value is -3.10. The van der Waals surface area contributed by atoms with Crippen molar-refractivity contribution in [2.45, 2.75) is 45.3 Å². The third-order valence-electron chi connectivity index (χ3n) is 6.90. The second-order valence-electron chi connectivity index (χ2n) is 9.61. The number of benzene rings is 2. The maximum atomic E-state index is 13.1. The molecule has 2 fully saturated rings. The number of hydrogen-bond donors (Lipinski definition) is 1. The molecule has 0 bridgehead atoms. The zero-order chi connectivity index (χ0) is 24.0. The van der Waals surface area contributed by atoms with Crippen molar-refractivity contribution in [3.8, 4) is 11.4 Å². The van der Waals surface area contributed by atoms with Crippen LogP contribution in [-0.4, -0.2) is 52.0 Å². The van der Waals surface area contributed by atoms with Crippen LogP contribution in [0, 0.1) is 11.7 Å². The molecule has 2 aliphatic rings. The molecule has 0 saturated carbocycles. The number of rotatable bonds is 8. The first-order chi connectivity index (χ1) is 17.1. The Balaban J connectivity index is 1.09. The molecule has 5 rings (SSSR count). The number of hydrogen-bond acceptors (Lipinski definition) is 6. The summed E-state index contributed by atoms with van der Waals surface area (Å²) in [4.78, 5) is 22.0. The summed E-state index contributed by atoms with van der Waals surface area (Å²) < 4.78 is 18.6. The number of piperidine rings is 1. The first kappa shape index (κ1) is 23.6. The molecule has 0 spiro atoms. The number of aromatic nitrogens is 2. The zero-order valence-electron chi connectivity index (χ0n) is 20.0. The van der Waals surface area contributed by atoms with Gasteiger partial charge in [-0.05, 0) is 80.7 Å². The van der Waals surface area contributed by atoms with Crippen LogP contribution < -0.4 is 5.32 Å². The maximum absolute atomic E-state index is 13.1. The molecular formula is C27H32FN5O2. The highest BCUT2D eigenvalue weighted by molar-refractivity contribution is 5.79. The van der Waals surface area contributed by atoms with E-state index in [0.717, 1.165) is 31.5 Å². The standard InChI is InChI=1S/C27H32FN5O2/c28-24-11-9-22(10-12-24)26-30-25(35-31-26)19-33-15-3-4-23(18-33)27(34)29-16-20-5-7-21(8-6-20)17-32-13-1-2-14-32/h5-12,23H,1-4,13-19H2,(H,29,34). The van der Waals surface area contributed by atoms with Gasteiger partial charge in [0.1, 0.15) is 5.82 Å². The fourth-order valence-corrected chi connectivity index (χ4v) is 4.93. The summed E-state index contributed by atoms with van der Waals surface area (Å²) in [6.07, 6.45) is 4.42. The van der Waals surface area contributed by atoms with Gasteiger partial charge in [0.15, 0.2) is 0 Å². The van der Waals surface area contributed by atoms with Crippen molar-refractivity contribution in [3.05, 3.63) is 71.4 Å². The normalized spacial score (nSPS) is 19.2. The van der Waals surface area contributed by atoms with Gasteiger partial charge in [0.25, 0.3) is 0 Å². The summed E-state index contributed by atoms with van der Waals surface area (Å²) in [7, 11) is 0. The molecule has 1 atom stereocenters. The lowest BCUT2D eigenvalue weighted by Crippen LogP contribution is -2.42. The van der Waals surface area contributed by atoms with E-state index in [4.69, 9.17) is 4.52 Å². The number of amides is 1. The number of carbonyl (C=O) groups is 1. The Labute approximate surface area is 205 Å². The second-order valence-corrected chi connectivity index (χ2v) is 9.61. The van der Waals surface area contributed by atoms with E-state index in [2.05, 4.69) is 49.5 Å². The summed E-state index contributed by atoms with van der Waals surface area (Å²) in [5.41, 5.74) is 3.16. The van der Waals surface area contributed by atoms with Crippen molar-refractivity contribution in [1.29, 1.82) is 0 Å². The molecule has 2 aromatic carbocycles. The molecule has 184 valence electrons. The Kier molecular flexibility index (Phi) is 7.49. The van der Waals surface area contributed by atoms with Gasteiger partial charge in [-0.15, -0.1) is 0 Å². The van der Waals surface area contributed by atoms with Crippen LogP contribution in [0.3, 0.4) is 0 Å². The Bertz CT molecular complexity index is 1110. The molecule has 3 aromatic rings. The number of halogens is 1. The minimum atomic E-state index is -0.301. The van der Waals surface area contributed by atoms with Gasteiger partial charge in [0, 0.05) is 25.2 Å². The minimum Gasteiger partial charge on any atom is -0.352 e. The van der Waals surface area contributed by atoms with Gasteiger partial charge in [-0.25, -0.2) is 4.39 Å². The van der Waals surface area contributed by atoms with E-state index in [-0.39, 0.29) is 17.6 Å². The van der Waals surface area contributed by atoms with Crippen molar-refractivity contribution in [2.24, 2.45) is 5.92 Å². The SMILES string of the molecule is O=C(NCc1ccc(CN2CCCC2)cc1)C1CCCN(Cc2nc(-c3ccc(F)cc3)no2)C1. The monoisotopic (exact) mass is 477 g/mol. The van der Waals surface area contributed by atoms with Crippen molar-refractivity contribution < 1.29 is 13.7 Å². The smallest absolute Gasteiger partial charge is 0.241 e. The molecule has 3 heterocycles. The topological polar surface area (TPSA) is 74.5 Å². The molecule has 0 aliphatic carbocycles. The quantitative estimate of drug-likeness (QED) is 0.529. The van der Waals surface area contributed by atoms with Gasteiger partial charge in [-0.2, -0.15) is 4.98 Å². The molecule has 1 unspecified atom stereocenters. The van der Waals surface area contributed by atoms with Gasteiger partial charge in [-0.1, -0.05) is 29.4 Å². The van der Waals surface area contributed by atoms with Crippen LogP contribution in [0.2, 0.25) is 0 Å². The molecule has 35 heavy (non-hydrogen) atoms. The highest BCUT2D eigenvalue weighted by Crippen LogP contribution is 2.21. The van der Waals surface area contributed by atoms with Crippen LogP contribution in [-0.2, 0) is 24.4 Å². The predicted molar refractivity (Wildman–Crippen MR) is 130 cm³/mol. The van der Waals surface area contributed by atoms with Crippen LogP contribution in [0.5, 0.6) is 0 Å². The summed E-state index contributed by atoms with van der Waals surface area (Å²) in [6.45, 7) is 5.98. The molecule has 1 N–H and O–H groups in total. The number of likely N-dealkylation sites (tertiary alicyclic amines) is 2. The molecular weight excluding hydrogens is 445 g/mol. The minimum absolute atomic E-state index is 0.0577. The molecule has 7 nitrogen and oxygen atoms in total.